The smallest absolute Gasteiger partial charge is 0.169 e. The van der Waals surface area contributed by atoms with Gasteiger partial charge in [0.05, 0.1) is 5.69 Å². The molecule has 2 rings (SSSR count). The minimum atomic E-state index is 0.517. The molecule has 1 unspecified atom stereocenters. The molecule has 0 radical (unpaired) electrons. The van der Waals surface area contributed by atoms with Crippen LogP contribution in [0.15, 0.2) is 0 Å². The number of anilines is 1. The Labute approximate surface area is 114 Å². The van der Waals surface area contributed by atoms with E-state index in [1.807, 2.05) is 13.8 Å². The van der Waals surface area contributed by atoms with E-state index in [2.05, 4.69) is 40.2 Å². The molecule has 0 aliphatic carbocycles. The molecule has 2 heterocycles. The van der Waals surface area contributed by atoms with Crippen molar-refractivity contribution in [1.82, 2.24) is 15.1 Å². The van der Waals surface area contributed by atoms with E-state index in [4.69, 9.17) is 0 Å². The minimum Gasteiger partial charge on any atom is -0.352 e. The molecule has 102 valence electrons. The van der Waals surface area contributed by atoms with E-state index in [0.717, 1.165) is 36.6 Å². The number of hydrogen-bond acceptors (Lipinski definition) is 5. The SMILES string of the molecule is Cc1nnc(N2CCCC(N(C)C)C2)c(C#N)c1C. The van der Waals surface area contributed by atoms with Gasteiger partial charge in [-0.05, 0) is 46.3 Å². The van der Waals surface area contributed by atoms with Gasteiger partial charge >= 0.3 is 0 Å². The second-order valence-corrected chi connectivity index (χ2v) is 5.43. The second-order valence-electron chi connectivity index (χ2n) is 5.43. The van der Waals surface area contributed by atoms with Gasteiger partial charge in [0.1, 0.15) is 11.6 Å². The topological polar surface area (TPSA) is 56.1 Å². The van der Waals surface area contributed by atoms with E-state index < -0.39 is 0 Å². The van der Waals surface area contributed by atoms with Crippen LogP contribution in [0, 0.1) is 25.2 Å². The van der Waals surface area contributed by atoms with Crippen molar-refractivity contribution < 1.29 is 0 Å². The van der Waals surface area contributed by atoms with Crippen molar-refractivity contribution in [2.75, 3.05) is 32.1 Å². The Hall–Kier alpha value is -1.67. The number of piperidine rings is 1. The average molecular weight is 259 g/mol. The van der Waals surface area contributed by atoms with Crippen molar-refractivity contribution >= 4 is 5.82 Å². The summed E-state index contributed by atoms with van der Waals surface area (Å²) >= 11 is 0. The first-order valence-corrected chi connectivity index (χ1v) is 6.70. The van der Waals surface area contributed by atoms with Crippen LogP contribution in [0.1, 0.15) is 29.7 Å². The van der Waals surface area contributed by atoms with E-state index in [-0.39, 0.29) is 0 Å². The molecule has 0 amide bonds. The molecule has 19 heavy (non-hydrogen) atoms. The van der Waals surface area contributed by atoms with Gasteiger partial charge in [0.25, 0.3) is 0 Å². The van der Waals surface area contributed by atoms with Gasteiger partial charge in [0, 0.05) is 19.1 Å². The first kappa shape index (κ1) is 13.8. The highest BCUT2D eigenvalue weighted by Crippen LogP contribution is 2.25. The summed E-state index contributed by atoms with van der Waals surface area (Å²) in [4.78, 5) is 4.44. The maximum atomic E-state index is 9.37. The number of likely N-dealkylation sites (N-methyl/N-ethyl adjacent to an activating group) is 1. The van der Waals surface area contributed by atoms with Gasteiger partial charge in [0.2, 0.25) is 0 Å². The normalized spacial score (nSPS) is 19.6. The molecule has 1 atom stereocenters. The molecule has 1 saturated heterocycles. The molecule has 1 aromatic heterocycles. The summed E-state index contributed by atoms with van der Waals surface area (Å²) in [6.07, 6.45) is 2.33. The van der Waals surface area contributed by atoms with Crippen molar-refractivity contribution in [3.63, 3.8) is 0 Å². The zero-order chi connectivity index (χ0) is 14.0. The van der Waals surface area contributed by atoms with E-state index in [1.165, 1.54) is 6.42 Å². The van der Waals surface area contributed by atoms with Gasteiger partial charge in [-0.25, -0.2) is 0 Å². The highest BCUT2D eigenvalue weighted by atomic mass is 15.3. The molecule has 1 aromatic rings. The van der Waals surface area contributed by atoms with Crippen molar-refractivity contribution in [3.8, 4) is 6.07 Å². The molecule has 1 aliphatic rings. The van der Waals surface area contributed by atoms with Crippen LogP contribution >= 0.6 is 0 Å². The zero-order valence-corrected chi connectivity index (χ0v) is 12.1. The van der Waals surface area contributed by atoms with Gasteiger partial charge in [-0.2, -0.15) is 10.4 Å². The molecule has 0 aromatic carbocycles. The molecular weight excluding hydrogens is 238 g/mol. The Kier molecular flexibility index (Phi) is 4.01. The first-order chi connectivity index (χ1) is 9.04. The summed E-state index contributed by atoms with van der Waals surface area (Å²) in [5.74, 6) is 0.747. The summed E-state index contributed by atoms with van der Waals surface area (Å²) in [7, 11) is 4.21. The fourth-order valence-corrected chi connectivity index (χ4v) is 2.52. The number of nitrogens with zero attached hydrogens (tertiary/aromatic N) is 5. The van der Waals surface area contributed by atoms with Crippen LogP contribution in [-0.4, -0.2) is 48.3 Å². The first-order valence-electron chi connectivity index (χ1n) is 6.70. The Balaban J connectivity index is 2.32. The molecule has 0 bridgehead atoms. The fraction of sp³-hybridized carbons (Fsp3) is 0.643. The number of rotatable bonds is 2. The Morgan fingerprint density at radius 2 is 2.05 bits per heavy atom. The summed E-state index contributed by atoms with van der Waals surface area (Å²) in [6.45, 7) is 5.71. The standard InChI is InChI=1S/C14H21N5/c1-10-11(2)16-17-14(13(10)8-15)19-7-5-6-12(9-19)18(3)4/h12H,5-7,9H2,1-4H3. The number of aromatic nitrogens is 2. The summed E-state index contributed by atoms with van der Waals surface area (Å²) in [5.41, 5.74) is 2.45. The Morgan fingerprint density at radius 1 is 1.32 bits per heavy atom. The predicted octanol–water partition coefficient (Wildman–Crippen LogP) is 1.50. The lowest BCUT2D eigenvalue weighted by atomic mass is 10.0. The van der Waals surface area contributed by atoms with Crippen molar-refractivity contribution in [2.45, 2.75) is 32.7 Å². The maximum absolute atomic E-state index is 9.37. The predicted molar refractivity (Wildman–Crippen MR) is 75.1 cm³/mol. The van der Waals surface area contributed by atoms with Gasteiger partial charge in [-0.1, -0.05) is 0 Å². The molecular formula is C14H21N5. The summed E-state index contributed by atoms with van der Waals surface area (Å²) in [6, 6.07) is 2.81. The van der Waals surface area contributed by atoms with Crippen LogP contribution in [0.5, 0.6) is 0 Å². The van der Waals surface area contributed by atoms with Gasteiger partial charge in [-0.15, -0.1) is 5.10 Å². The zero-order valence-electron chi connectivity index (χ0n) is 12.1. The second kappa shape index (κ2) is 5.54. The minimum absolute atomic E-state index is 0.517. The quantitative estimate of drug-likeness (QED) is 0.805. The lowest BCUT2D eigenvalue weighted by Crippen LogP contribution is -2.45. The van der Waals surface area contributed by atoms with Crippen LogP contribution in [0.4, 0.5) is 5.82 Å². The van der Waals surface area contributed by atoms with Gasteiger partial charge < -0.3 is 9.80 Å². The lowest BCUT2D eigenvalue weighted by molar-refractivity contribution is 0.257. The summed E-state index contributed by atoms with van der Waals surface area (Å²) in [5, 5.41) is 17.8. The molecule has 1 aliphatic heterocycles. The fourth-order valence-electron chi connectivity index (χ4n) is 2.52. The molecule has 1 fully saturated rings. The Morgan fingerprint density at radius 3 is 2.68 bits per heavy atom. The van der Waals surface area contributed by atoms with E-state index in [9.17, 15) is 5.26 Å². The third-order valence-electron chi connectivity index (χ3n) is 3.97. The van der Waals surface area contributed by atoms with Crippen molar-refractivity contribution in [3.05, 3.63) is 16.8 Å². The number of hydrogen-bond donors (Lipinski definition) is 0. The highest BCUT2D eigenvalue weighted by molar-refractivity contribution is 5.57. The number of nitriles is 1. The molecule has 0 saturated carbocycles. The summed E-state index contributed by atoms with van der Waals surface area (Å²) < 4.78 is 0. The number of aryl methyl sites for hydroxylation is 1. The molecule has 5 heteroatoms. The van der Waals surface area contributed by atoms with Crippen molar-refractivity contribution in [2.24, 2.45) is 0 Å². The van der Waals surface area contributed by atoms with Gasteiger partial charge in [0.15, 0.2) is 5.82 Å². The van der Waals surface area contributed by atoms with Gasteiger partial charge in [-0.3, -0.25) is 0 Å². The largest absolute Gasteiger partial charge is 0.352 e. The average Bonchev–Trinajstić information content (AvgIpc) is 2.41. The van der Waals surface area contributed by atoms with Crippen molar-refractivity contribution in [1.29, 1.82) is 5.26 Å². The third kappa shape index (κ3) is 2.69. The van der Waals surface area contributed by atoms with E-state index in [1.54, 1.807) is 0 Å². The molecule has 0 N–H and O–H groups in total. The van der Waals surface area contributed by atoms with Crippen LogP contribution in [0.3, 0.4) is 0 Å². The van der Waals surface area contributed by atoms with Crippen LogP contribution in [0.2, 0.25) is 0 Å². The van der Waals surface area contributed by atoms with Crippen LogP contribution in [-0.2, 0) is 0 Å². The monoisotopic (exact) mass is 259 g/mol. The Bertz CT molecular complexity index is 503. The highest BCUT2D eigenvalue weighted by Gasteiger charge is 2.25. The third-order valence-corrected chi connectivity index (χ3v) is 3.97. The molecule has 5 nitrogen and oxygen atoms in total. The van der Waals surface area contributed by atoms with Crippen LogP contribution in [0.25, 0.3) is 0 Å². The maximum Gasteiger partial charge on any atom is 0.169 e. The van der Waals surface area contributed by atoms with E-state index >= 15 is 0 Å². The molecule has 0 spiro atoms. The lowest BCUT2D eigenvalue weighted by Gasteiger charge is -2.37. The van der Waals surface area contributed by atoms with E-state index in [0.29, 0.717) is 11.6 Å². The van der Waals surface area contributed by atoms with Crippen LogP contribution < -0.4 is 4.90 Å².